The van der Waals surface area contributed by atoms with Crippen LogP contribution in [0.2, 0.25) is 0 Å². The molecule has 43 heavy (non-hydrogen) atoms. The molecule has 0 radical (unpaired) electrons. The van der Waals surface area contributed by atoms with Gasteiger partial charge in [-0.05, 0) is 49.3 Å². The van der Waals surface area contributed by atoms with E-state index in [-0.39, 0.29) is 42.8 Å². The third kappa shape index (κ3) is 8.60. The molecule has 2 N–H and O–H groups in total. The van der Waals surface area contributed by atoms with Crippen molar-refractivity contribution in [2.75, 3.05) is 70.9 Å². The number of hydrogen-bond donors (Lipinski definition) is 2. The van der Waals surface area contributed by atoms with Crippen molar-refractivity contribution in [2.45, 2.75) is 51.2 Å². The zero-order valence-electron chi connectivity index (χ0n) is 25.0. The molecule has 3 aliphatic rings. The van der Waals surface area contributed by atoms with Gasteiger partial charge in [-0.3, -0.25) is 24.2 Å². The molecule has 11 nitrogen and oxygen atoms in total. The van der Waals surface area contributed by atoms with E-state index in [4.69, 9.17) is 14.6 Å². The van der Waals surface area contributed by atoms with Crippen LogP contribution in [0.1, 0.15) is 48.7 Å². The summed E-state index contributed by atoms with van der Waals surface area (Å²) in [4.78, 5) is 48.2. The second kappa shape index (κ2) is 14.9. The summed E-state index contributed by atoms with van der Waals surface area (Å²) >= 11 is 0. The summed E-state index contributed by atoms with van der Waals surface area (Å²) in [5.74, 6) is -1.18. The highest BCUT2D eigenvalue weighted by Crippen LogP contribution is 2.28. The predicted molar refractivity (Wildman–Crippen MR) is 162 cm³/mol. The van der Waals surface area contributed by atoms with E-state index >= 15 is 0 Å². The predicted octanol–water partition coefficient (Wildman–Crippen LogP) is 2.75. The summed E-state index contributed by atoms with van der Waals surface area (Å²) in [5, 5.41) is 12.0. The van der Waals surface area contributed by atoms with Gasteiger partial charge in [0, 0.05) is 51.0 Å². The number of nitrogens with one attached hydrogen (secondary N) is 1. The van der Waals surface area contributed by atoms with Crippen molar-refractivity contribution >= 4 is 23.5 Å². The minimum atomic E-state index is -0.800. The van der Waals surface area contributed by atoms with Gasteiger partial charge in [0.2, 0.25) is 5.91 Å². The lowest BCUT2D eigenvalue weighted by atomic mass is 10.0. The summed E-state index contributed by atoms with van der Waals surface area (Å²) in [6.45, 7) is 7.53. The number of likely N-dealkylation sites (tertiary alicyclic amines) is 2. The van der Waals surface area contributed by atoms with Crippen LogP contribution in [-0.4, -0.2) is 120 Å². The summed E-state index contributed by atoms with van der Waals surface area (Å²) in [6, 6.07) is 10.1. The number of amides is 2. The highest BCUT2D eigenvalue weighted by atomic mass is 16.5. The second-order valence-electron chi connectivity index (χ2n) is 11.6. The van der Waals surface area contributed by atoms with Crippen LogP contribution in [0.4, 0.5) is 5.69 Å². The third-order valence-electron chi connectivity index (χ3n) is 8.51. The van der Waals surface area contributed by atoms with Crippen molar-refractivity contribution in [3.63, 3.8) is 0 Å². The lowest BCUT2D eigenvalue weighted by molar-refractivity contribution is -0.139. The number of benzene rings is 1. The van der Waals surface area contributed by atoms with Crippen molar-refractivity contribution in [1.82, 2.24) is 19.7 Å². The summed E-state index contributed by atoms with van der Waals surface area (Å²) < 4.78 is 11.8. The number of piperidine rings is 2. The average Bonchev–Trinajstić information content (AvgIpc) is 3.02. The number of carboxylic acid groups (broad SMARTS) is 1. The highest BCUT2D eigenvalue weighted by molar-refractivity contribution is 6.03. The number of nitrogens with zero attached hydrogens (tertiary/aromatic N) is 4. The Morgan fingerprint density at radius 3 is 2.28 bits per heavy atom. The van der Waals surface area contributed by atoms with Gasteiger partial charge < -0.3 is 24.8 Å². The molecule has 3 saturated heterocycles. The minimum absolute atomic E-state index is 0.0638. The van der Waals surface area contributed by atoms with Gasteiger partial charge in [0.15, 0.2) is 5.69 Å². The number of rotatable bonds is 10. The first-order valence-corrected chi connectivity index (χ1v) is 15.5. The zero-order valence-corrected chi connectivity index (χ0v) is 25.0. The number of ether oxygens (including phenoxy) is 2. The topological polar surface area (TPSA) is 125 Å². The van der Waals surface area contributed by atoms with Crippen molar-refractivity contribution in [3.05, 3.63) is 47.8 Å². The Labute approximate surface area is 253 Å². The molecule has 0 bridgehead atoms. The molecule has 2 amide bonds. The standard InChI is InChI=1S/C32H43N5O6/c1-2-23-4-3-5-24(18-23)25-19-28(34-29(38)21-36-14-16-42-17-15-36)31(33-20-25)32(41)37-12-8-27(9-13-37)43-26-6-10-35(11-7-26)22-30(39)40/h3-5,18-20,26-27H,2,6-17,21-22H2,1H3,(H,34,38)(H,39,40). The van der Waals surface area contributed by atoms with Crippen molar-refractivity contribution in [2.24, 2.45) is 0 Å². The Hall–Kier alpha value is -3.38. The first-order chi connectivity index (χ1) is 20.9. The molecule has 11 heteroatoms. The van der Waals surface area contributed by atoms with E-state index in [1.165, 1.54) is 5.56 Å². The number of pyridine rings is 1. The fraction of sp³-hybridized carbons (Fsp3) is 0.562. The van der Waals surface area contributed by atoms with E-state index in [9.17, 15) is 14.4 Å². The monoisotopic (exact) mass is 593 g/mol. The van der Waals surface area contributed by atoms with E-state index in [0.29, 0.717) is 45.1 Å². The molecule has 2 aromatic rings. The molecule has 3 fully saturated rings. The number of aryl methyl sites for hydroxylation is 1. The van der Waals surface area contributed by atoms with Crippen LogP contribution in [0.15, 0.2) is 36.5 Å². The lowest BCUT2D eigenvalue weighted by Gasteiger charge is -2.36. The Bertz CT molecular complexity index is 1270. The van der Waals surface area contributed by atoms with Gasteiger partial charge in [-0.2, -0.15) is 0 Å². The molecule has 0 atom stereocenters. The van der Waals surface area contributed by atoms with Gasteiger partial charge in [-0.1, -0.05) is 31.2 Å². The molecule has 232 valence electrons. The number of carboxylic acids is 1. The molecule has 0 aliphatic carbocycles. The first-order valence-electron chi connectivity index (χ1n) is 15.5. The molecule has 1 aromatic heterocycles. The van der Waals surface area contributed by atoms with Crippen molar-refractivity contribution in [3.8, 4) is 11.1 Å². The van der Waals surface area contributed by atoms with Crippen LogP contribution in [0.3, 0.4) is 0 Å². The second-order valence-corrected chi connectivity index (χ2v) is 11.6. The molecule has 5 rings (SSSR count). The number of anilines is 1. The molecular formula is C32H43N5O6. The fourth-order valence-electron chi connectivity index (χ4n) is 6.02. The molecule has 0 spiro atoms. The summed E-state index contributed by atoms with van der Waals surface area (Å²) in [6.07, 6.45) is 5.88. The van der Waals surface area contributed by atoms with Crippen LogP contribution in [0, 0.1) is 0 Å². The number of carbonyl (C=O) groups excluding carboxylic acids is 2. The van der Waals surface area contributed by atoms with Gasteiger partial charge >= 0.3 is 5.97 Å². The van der Waals surface area contributed by atoms with E-state index < -0.39 is 5.97 Å². The van der Waals surface area contributed by atoms with Crippen LogP contribution in [0.25, 0.3) is 11.1 Å². The SMILES string of the molecule is CCc1cccc(-c2cnc(C(=O)N3CCC(OC4CCN(CC(=O)O)CC4)CC3)c(NC(=O)CN3CCOCC3)c2)c1. The van der Waals surface area contributed by atoms with Crippen LogP contribution in [-0.2, 0) is 25.5 Å². The van der Waals surface area contributed by atoms with Gasteiger partial charge in [-0.15, -0.1) is 0 Å². The number of hydrogen-bond acceptors (Lipinski definition) is 8. The maximum Gasteiger partial charge on any atom is 0.317 e. The molecule has 1 aromatic carbocycles. The Kier molecular flexibility index (Phi) is 10.7. The Morgan fingerprint density at radius 2 is 1.60 bits per heavy atom. The molecular weight excluding hydrogens is 550 g/mol. The smallest absolute Gasteiger partial charge is 0.317 e. The van der Waals surface area contributed by atoms with Crippen LogP contribution >= 0.6 is 0 Å². The molecule has 3 aliphatic heterocycles. The maximum atomic E-state index is 13.8. The largest absolute Gasteiger partial charge is 0.480 e. The minimum Gasteiger partial charge on any atom is -0.480 e. The van der Waals surface area contributed by atoms with E-state index in [1.807, 2.05) is 28.0 Å². The third-order valence-corrected chi connectivity index (χ3v) is 8.51. The van der Waals surface area contributed by atoms with Gasteiger partial charge in [0.25, 0.3) is 5.91 Å². The quantitative estimate of drug-likeness (QED) is 0.428. The maximum absolute atomic E-state index is 13.8. The van der Waals surface area contributed by atoms with Crippen molar-refractivity contribution in [1.29, 1.82) is 0 Å². The number of morpholine rings is 1. The number of carbonyl (C=O) groups is 3. The Morgan fingerprint density at radius 1 is 0.930 bits per heavy atom. The fourth-order valence-corrected chi connectivity index (χ4v) is 6.02. The van der Waals surface area contributed by atoms with Gasteiger partial charge in [0.05, 0.1) is 44.2 Å². The first kappa shape index (κ1) is 31.1. The molecule has 4 heterocycles. The van der Waals surface area contributed by atoms with E-state index in [0.717, 1.165) is 56.3 Å². The Balaban J connectivity index is 1.23. The number of aliphatic carboxylic acids is 1. The number of aromatic nitrogens is 1. The van der Waals surface area contributed by atoms with Gasteiger partial charge in [-0.25, -0.2) is 4.98 Å². The van der Waals surface area contributed by atoms with Gasteiger partial charge in [0.1, 0.15) is 0 Å². The van der Waals surface area contributed by atoms with E-state index in [2.05, 4.69) is 29.4 Å². The highest BCUT2D eigenvalue weighted by Gasteiger charge is 2.30. The summed E-state index contributed by atoms with van der Waals surface area (Å²) in [5.41, 5.74) is 3.70. The normalized spacial score (nSPS) is 19.3. The van der Waals surface area contributed by atoms with Crippen LogP contribution in [0.5, 0.6) is 0 Å². The molecule has 0 unspecified atom stereocenters. The average molecular weight is 594 g/mol. The summed E-state index contributed by atoms with van der Waals surface area (Å²) in [7, 11) is 0. The molecule has 0 saturated carbocycles. The van der Waals surface area contributed by atoms with Crippen molar-refractivity contribution < 1.29 is 29.0 Å². The van der Waals surface area contributed by atoms with Crippen LogP contribution < -0.4 is 5.32 Å². The zero-order chi connectivity index (χ0) is 30.2. The van der Waals surface area contributed by atoms with E-state index in [1.54, 1.807) is 11.1 Å². The lowest BCUT2D eigenvalue weighted by Crippen LogP contribution is -2.45.